The Bertz CT molecular complexity index is 1360. The van der Waals surface area contributed by atoms with Crippen LogP contribution in [0.25, 0.3) is 21.9 Å². The van der Waals surface area contributed by atoms with Crippen molar-refractivity contribution in [1.29, 1.82) is 0 Å². The molecule has 2 N–H and O–H groups in total. The molecule has 4 rings (SSSR count). The summed E-state index contributed by atoms with van der Waals surface area (Å²) in [7, 11) is 0. The Labute approximate surface area is 180 Å². The Balaban J connectivity index is 1.58. The zero-order valence-corrected chi connectivity index (χ0v) is 17.0. The topological polar surface area (TPSA) is 79.8 Å². The number of hydrogen-bond donors (Lipinski definition) is 2. The molecule has 1 amide bonds. The lowest BCUT2D eigenvalue weighted by Gasteiger charge is -2.11. The minimum atomic E-state index is -4.48. The number of H-pyrrole nitrogens is 1. The number of nitrogens with one attached hydrogen (secondary N) is 2. The number of halogens is 3. The van der Waals surface area contributed by atoms with Gasteiger partial charge in [-0.05, 0) is 53.8 Å². The smallest absolute Gasteiger partial charge is 0.343 e. The van der Waals surface area contributed by atoms with E-state index in [-0.39, 0.29) is 17.7 Å². The molecule has 4 aromatic rings. The summed E-state index contributed by atoms with van der Waals surface area (Å²) in [5.74, 6) is -0.822. The molecule has 0 bridgehead atoms. The van der Waals surface area contributed by atoms with Gasteiger partial charge in [0.15, 0.2) is 0 Å². The summed E-state index contributed by atoms with van der Waals surface area (Å²) < 4.78 is 38.5. The lowest BCUT2D eigenvalue weighted by molar-refractivity contribution is -0.123. The molecule has 0 radical (unpaired) electrons. The number of carbonyl (C=O) groups is 1. The fraction of sp³-hybridized carbons (Fsp3) is 0.174. The van der Waals surface area contributed by atoms with Gasteiger partial charge in [0.05, 0.1) is 12.2 Å². The second-order valence-electron chi connectivity index (χ2n) is 7.43. The highest BCUT2D eigenvalue weighted by atomic mass is 19.4. The highest BCUT2D eigenvalue weighted by Crippen LogP contribution is 2.24. The third-order valence-electron chi connectivity index (χ3n) is 5.11. The maximum atomic E-state index is 13.0. The van der Waals surface area contributed by atoms with Crippen LogP contribution in [0.15, 0.2) is 65.7 Å². The van der Waals surface area contributed by atoms with E-state index >= 15 is 0 Å². The van der Waals surface area contributed by atoms with Crippen molar-refractivity contribution in [3.8, 4) is 11.1 Å². The van der Waals surface area contributed by atoms with Gasteiger partial charge in [-0.1, -0.05) is 18.2 Å². The molecule has 32 heavy (non-hydrogen) atoms. The predicted molar refractivity (Wildman–Crippen MR) is 114 cm³/mol. The summed E-state index contributed by atoms with van der Waals surface area (Å²) in [5.41, 5.74) is 3.27. The monoisotopic (exact) mass is 440 g/mol. The van der Waals surface area contributed by atoms with E-state index in [4.69, 9.17) is 0 Å². The molecule has 0 aliphatic heterocycles. The summed E-state index contributed by atoms with van der Waals surface area (Å²) in [4.78, 5) is 25.0. The van der Waals surface area contributed by atoms with Gasteiger partial charge >= 0.3 is 6.18 Å². The molecule has 0 aliphatic rings. The van der Waals surface area contributed by atoms with Crippen LogP contribution in [0, 0.1) is 6.92 Å². The average molecular weight is 440 g/mol. The molecular weight excluding hydrogens is 421 g/mol. The highest BCUT2D eigenvalue weighted by Gasteiger charge is 2.27. The molecule has 0 unspecified atom stereocenters. The zero-order valence-electron chi connectivity index (χ0n) is 17.0. The average Bonchev–Trinajstić information content (AvgIpc) is 3.19. The number of aryl methyl sites for hydroxylation is 1. The zero-order chi connectivity index (χ0) is 22.9. The molecule has 2 aromatic heterocycles. The Hall–Kier alpha value is -3.88. The first-order chi connectivity index (χ1) is 15.2. The van der Waals surface area contributed by atoms with Crippen molar-refractivity contribution in [1.82, 2.24) is 20.1 Å². The Morgan fingerprint density at radius 1 is 1.16 bits per heavy atom. The van der Waals surface area contributed by atoms with Crippen molar-refractivity contribution < 1.29 is 18.0 Å². The number of benzene rings is 2. The van der Waals surface area contributed by atoms with Crippen LogP contribution in [0.5, 0.6) is 0 Å². The van der Waals surface area contributed by atoms with Gasteiger partial charge in [0, 0.05) is 28.9 Å². The normalized spacial score (nSPS) is 11.6. The van der Waals surface area contributed by atoms with Gasteiger partial charge in [0.1, 0.15) is 6.54 Å². The van der Waals surface area contributed by atoms with Crippen molar-refractivity contribution in [2.45, 2.75) is 19.6 Å². The van der Waals surface area contributed by atoms with E-state index in [1.54, 1.807) is 30.6 Å². The molecule has 0 saturated heterocycles. The van der Waals surface area contributed by atoms with E-state index in [0.717, 1.165) is 22.2 Å². The molecule has 9 heteroatoms. The summed E-state index contributed by atoms with van der Waals surface area (Å²) in [6.07, 6.45) is -1.02. The first kappa shape index (κ1) is 21.4. The maximum absolute atomic E-state index is 13.0. The molecule has 2 heterocycles. The van der Waals surface area contributed by atoms with Crippen molar-refractivity contribution >= 4 is 16.7 Å². The summed E-state index contributed by atoms with van der Waals surface area (Å²) in [5, 5.41) is 10.1. The molecular formula is C23H19F3N4O2. The van der Waals surface area contributed by atoms with Gasteiger partial charge in [0.25, 0.3) is 11.5 Å². The SMILES string of the molecule is Cc1n[nH]cc1-c1ccc2c(=O)n(Cc3cccc(C(=O)NCC(F)(F)F)c3)ccc2c1. The molecule has 0 atom stereocenters. The molecule has 164 valence electrons. The number of rotatable bonds is 5. The number of aromatic nitrogens is 3. The second kappa shape index (κ2) is 8.33. The molecule has 0 aliphatic carbocycles. The largest absolute Gasteiger partial charge is 0.405 e. The Morgan fingerprint density at radius 3 is 2.69 bits per heavy atom. The van der Waals surface area contributed by atoms with Crippen LogP contribution in [-0.4, -0.2) is 33.4 Å². The molecule has 0 saturated carbocycles. The number of fused-ring (bicyclic) bond motifs is 1. The first-order valence-electron chi connectivity index (χ1n) is 9.79. The van der Waals surface area contributed by atoms with E-state index in [0.29, 0.717) is 10.9 Å². The fourth-order valence-electron chi connectivity index (χ4n) is 3.52. The van der Waals surface area contributed by atoms with Gasteiger partial charge < -0.3 is 9.88 Å². The van der Waals surface area contributed by atoms with Gasteiger partial charge in [-0.15, -0.1) is 0 Å². The highest BCUT2D eigenvalue weighted by molar-refractivity contribution is 5.94. The summed E-state index contributed by atoms with van der Waals surface area (Å²) in [6, 6.07) is 13.6. The summed E-state index contributed by atoms with van der Waals surface area (Å²) in [6.45, 7) is 0.670. The van der Waals surface area contributed by atoms with Crippen LogP contribution in [-0.2, 0) is 6.54 Å². The van der Waals surface area contributed by atoms with Gasteiger partial charge in [-0.3, -0.25) is 14.7 Å². The van der Waals surface area contributed by atoms with Crippen LogP contribution < -0.4 is 10.9 Å². The standard InChI is InChI=1S/C23H19F3N4O2/c1-14-20(11-28-29-14)16-5-6-19-17(10-16)7-8-30(22(19)32)12-15-3-2-4-18(9-15)21(31)27-13-23(24,25)26/h2-11H,12-13H2,1H3,(H,27,31)(H,28,29). The Morgan fingerprint density at radius 2 is 1.97 bits per heavy atom. The fourth-order valence-corrected chi connectivity index (χ4v) is 3.52. The van der Waals surface area contributed by atoms with Crippen molar-refractivity contribution in [2.24, 2.45) is 0 Å². The third kappa shape index (κ3) is 4.56. The minimum absolute atomic E-state index is 0.0979. The number of amides is 1. The van der Waals surface area contributed by atoms with Crippen molar-refractivity contribution in [3.63, 3.8) is 0 Å². The molecule has 2 aromatic carbocycles. The number of alkyl halides is 3. The number of hydrogen-bond acceptors (Lipinski definition) is 3. The predicted octanol–water partition coefficient (Wildman–Crippen LogP) is 4.04. The second-order valence-corrected chi connectivity index (χ2v) is 7.43. The van der Waals surface area contributed by atoms with Crippen molar-refractivity contribution in [3.05, 3.63) is 88.1 Å². The van der Waals surface area contributed by atoms with Gasteiger partial charge in [0.2, 0.25) is 0 Å². The number of carbonyl (C=O) groups excluding carboxylic acids is 1. The van der Waals surface area contributed by atoms with Crippen LogP contribution >= 0.6 is 0 Å². The Kier molecular flexibility index (Phi) is 5.56. The quantitative estimate of drug-likeness (QED) is 0.492. The first-order valence-corrected chi connectivity index (χ1v) is 9.79. The molecule has 0 spiro atoms. The molecule has 6 nitrogen and oxygen atoms in total. The maximum Gasteiger partial charge on any atom is 0.405 e. The summed E-state index contributed by atoms with van der Waals surface area (Å²) >= 11 is 0. The molecule has 0 fully saturated rings. The number of pyridine rings is 1. The number of nitrogens with zero attached hydrogens (tertiary/aromatic N) is 2. The third-order valence-corrected chi connectivity index (χ3v) is 5.11. The van der Waals surface area contributed by atoms with Crippen LogP contribution in [0.1, 0.15) is 21.6 Å². The van der Waals surface area contributed by atoms with E-state index in [1.807, 2.05) is 30.4 Å². The van der Waals surface area contributed by atoms with Crippen LogP contribution in [0.3, 0.4) is 0 Å². The van der Waals surface area contributed by atoms with Crippen LogP contribution in [0.4, 0.5) is 13.2 Å². The van der Waals surface area contributed by atoms with Gasteiger partial charge in [-0.25, -0.2) is 0 Å². The van der Waals surface area contributed by atoms with E-state index in [2.05, 4.69) is 10.2 Å². The number of aromatic amines is 1. The van der Waals surface area contributed by atoms with E-state index < -0.39 is 18.6 Å². The van der Waals surface area contributed by atoms with E-state index in [1.165, 1.54) is 16.7 Å². The lowest BCUT2D eigenvalue weighted by atomic mass is 10.0. The lowest BCUT2D eigenvalue weighted by Crippen LogP contribution is -2.33. The van der Waals surface area contributed by atoms with Crippen molar-refractivity contribution in [2.75, 3.05) is 6.54 Å². The van der Waals surface area contributed by atoms with Crippen LogP contribution in [0.2, 0.25) is 0 Å². The van der Waals surface area contributed by atoms with Gasteiger partial charge in [-0.2, -0.15) is 18.3 Å². The minimum Gasteiger partial charge on any atom is -0.343 e. The van der Waals surface area contributed by atoms with E-state index in [9.17, 15) is 22.8 Å².